The predicted molar refractivity (Wildman–Crippen MR) is 150 cm³/mol. The van der Waals surface area contributed by atoms with E-state index in [1.807, 2.05) is 28.1 Å². The normalized spacial score (nSPS) is 14.6. The first kappa shape index (κ1) is 33.8. The molecule has 0 aliphatic rings. The fourth-order valence-corrected chi connectivity index (χ4v) is 6.26. The molecule has 0 spiro atoms. The molecule has 4 heteroatoms. The van der Waals surface area contributed by atoms with Crippen molar-refractivity contribution < 1.29 is 13.9 Å². The second-order valence-corrected chi connectivity index (χ2v) is 12.8. The zero-order chi connectivity index (χ0) is 25.5. The van der Waals surface area contributed by atoms with Crippen LogP contribution in [0, 0.1) is 0 Å². The summed E-state index contributed by atoms with van der Waals surface area (Å²) >= 11 is 0. The van der Waals surface area contributed by atoms with Crippen molar-refractivity contribution in [1.29, 1.82) is 0 Å². The lowest BCUT2D eigenvalue weighted by atomic mass is 10.0. The zero-order valence-electron chi connectivity index (χ0n) is 23.9. The van der Waals surface area contributed by atoms with Gasteiger partial charge in [-0.25, -0.2) is 0 Å². The Labute approximate surface area is 215 Å². The molecule has 0 rings (SSSR count). The molecule has 0 heterocycles. The molecule has 0 saturated heterocycles. The van der Waals surface area contributed by atoms with Crippen molar-refractivity contribution in [3.8, 4) is 0 Å². The maximum atomic E-state index is 12.0. The summed E-state index contributed by atoms with van der Waals surface area (Å²) in [5.41, 5.74) is 0. The number of allylic oxidation sites excluding steroid dienone is 2. The summed E-state index contributed by atoms with van der Waals surface area (Å²) in [6.45, 7) is 4.30. The van der Waals surface area contributed by atoms with E-state index in [2.05, 4.69) is 19.1 Å². The van der Waals surface area contributed by atoms with Crippen molar-refractivity contribution in [3.05, 3.63) is 12.2 Å². The van der Waals surface area contributed by atoms with Crippen LogP contribution in [-0.2, 0) is 4.57 Å². The average Bonchev–Trinajstić information content (AvgIpc) is 2.78. The minimum atomic E-state index is -2.42. The topological polar surface area (TPSA) is 40.1 Å². The monoisotopic (exact) mass is 498 g/mol. The van der Waals surface area contributed by atoms with E-state index in [4.69, 9.17) is 0 Å². The Morgan fingerprint density at radius 2 is 0.971 bits per heavy atom. The molecule has 0 aliphatic carbocycles. The third kappa shape index (κ3) is 16.4. The predicted octanol–water partition coefficient (Wildman–Crippen LogP) is 9.67. The molecule has 0 fully saturated rings. The number of nitrogens with zero attached hydrogens (tertiary/aromatic N) is 1. The highest BCUT2D eigenvalue weighted by Gasteiger charge is 2.52. The molecule has 2 unspecified atom stereocenters. The van der Waals surface area contributed by atoms with Gasteiger partial charge in [-0.1, -0.05) is 127 Å². The van der Waals surface area contributed by atoms with E-state index in [0.717, 1.165) is 19.3 Å². The Bertz CT molecular complexity index is 501. The summed E-state index contributed by atoms with van der Waals surface area (Å²) in [5, 5.41) is -0.600. The van der Waals surface area contributed by atoms with E-state index < -0.39 is 13.3 Å². The summed E-state index contributed by atoms with van der Waals surface area (Å²) in [4.78, 5) is 12.0. The van der Waals surface area contributed by atoms with Crippen LogP contribution in [0.15, 0.2) is 12.2 Å². The summed E-state index contributed by atoms with van der Waals surface area (Å²) < 4.78 is 12.5. The van der Waals surface area contributed by atoms with E-state index >= 15 is 0 Å². The van der Waals surface area contributed by atoms with Gasteiger partial charge < -0.3 is 4.89 Å². The molecule has 2 atom stereocenters. The first-order valence-electron chi connectivity index (χ1n) is 14.9. The highest BCUT2D eigenvalue weighted by Crippen LogP contribution is 2.44. The van der Waals surface area contributed by atoms with Crippen LogP contribution in [0.3, 0.4) is 0 Å². The van der Waals surface area contributed by atoms with Crippen molar-refractivity contribution in [2.75, 3.05) is 21.1 Å². The average molecular weight is 499 g/mol. The second-order valence-electron chi connectivity index (χ2n) is 11.4. The molecule has 34 heavy (non-hydrogen) atoms. The molecular weight excluding hydrogens is 437 g/mol. The molecule has 0 saturated carbocycles. The van der Waals surface area contributed by atoms with E-state index in [-0.39, 0.29) is 0 Å². The van der Waals surface area contributed by atoms with Gasteiger partial charge in [-0.2, -0.15) is 0 Å². The molecule has 0 radical (unpaired) electrons. The highest BCUT2D eigenvalue weighted by atomic mass is 31.1. The van der Waals surface area contributed by atoms with Crippen LogP contribution in [0.4, 0.5) is 0 Å². The summed E-state index contributed by atoms with van der Waals surface area (Å²) in [6.07, 6.45) is 33.1. The Hall–Kier alpha value is -0.240. The minimum Gasteiger partial charge on any atom is -0.590 e. The zero-order valence-corrected chi connectivity index (χ0v) is 24.8. The third-order valence-electron chi connectivity index (χ3n) is 7.74. The van der Waals surface area contributed by atoms with Gasteiger partial charge in [0.15, 0.2) is 0 Å². The minimum absolute atomic E-state index is 0.511. The van der Waals surface area contributed by atoms with Gasteiger partial charge in [0.2, 0.25) is 0 Å². The van der Waals surface area contributed by atoms with Gasteiger partial charge in [-0.3, -0.25) is 4.48 Å². The Balaban J connectivity index is 3.47. The molecule has 3 nitrogen and oxygen atoms in total. The first-order valence-corrected chi connectivity index (χ1v) is 16.1. The van der Waals surface area contributed by atoms with E-state index in [9.17, 15) is 9.46 Å². The molecular formula is C30H61NO2P+. The lowest BCUT2D eigenvalue weighted by Crippen LogP contribution is -2.55. The van der Waals surface area contributed by atoms with Crippen molar-refractivity contribution >= 4 is 8.03 Å². The van der Waals surface area contributed by atoms with Crippen LogP contribution in [0.25, 0.3) is 0 Å². The van der Waals surface area contributed by atoms with Crippen LogP contribution in [0.5, 0.6) is 0 Å². The molecule has 0 aliphatic heterocycles. The van der Waals surface area contributed by atoms with Crippen molar-refractivity contribution in [1.82, 2.24) is 0 Å². The maximum Gasteiger partial charge on any atom is 0.376 e. The molecule has 0 amide bonds. The maximum absolute atomic E-state index is 12.0. The van der Waals surface area contributed by atoms with Crippen LogP contribution in [-0.4, -0.2) is 30.9 Å². The molecule has 0 bridgehead atoms. The smallest absolute Gasteiger partial charge is 0.376 e. The van der Waals surface area contributed by atoms with Crippen LogP contribution in [0.1, 0.15) is 155 Å². The summed E-state index contributed by atoms with van der Waals surface area (Å²) in [6, 6.07) is 0. The second kappa shape index (κ2) is 22.0. The standard InChI is InChI=1S/C30H61NO2P/c1-6-8-9-10-11-12-13-14-15-16-17-18-19-20-21-22-23-24-25-26-27-28-29-30(7-2,34(32)33)31(3,4)5/h17-18H,6-16,19-29H2,1-5H3/q+1/b18-17-. The molecule has 0 N–H and O–H groups in total. The molecule has 0 aromatic heterocycles. The first-order chi connectivity index (χ1) is 16.3. The van der Waals surface area contributed by atoms with Crippen molar-refractivity contribution in [3.63, 3.8) is 0 Å². The number of hydrogen-bond donors (Lipinski definition) is 0. The van der Waals surface area contributed by atoms with Gasteiger partial charge in [0.1, 0.15) is 0 Å². The third-order valence-corrected chi connectivity index (χ3v) is 9.56. The summed E-state index contributed by atoms with van der Waals surface area (Å²) in [7, 11) is 3.63. The van der Waals surface area contributed by atoms with Crippen LogP contribution < -0.4 is 4.89 Å². The van der Waals surface area contributed by atoms with Gasteiger partial charge in [0.05, 0.1) is 21.1 Å². The molecule has 0 aromatic carbocycles. The largest absolute Gasteiger partial charge is 0.590 e. The Kier molecular flexibility index (Phi) is 21.8. The summed E-state index contributed by atoms with van der Waals surface area (Å²) in [5.74, 6) is 0. The lowest BCUT2D eigenvalue weighted by Gasteiger charge is -2.39. The van der Waals surface area contributed by atoms with Gasteiger partial charge >= 0.3 is 8.03 Å². The fourth-order valence-electron chi connectivity index (χ4n) is 5.17. The van der Waals surface area contributed by atoms with E-state index in [1.54, 1.807) is 0 Å². The number of rotatable bonds is 25. The molecule has 202 valence electrons. The Morgan fingerprint density at radius 3 is 1.29 bits per heavy atom. The number of hydrogen-bond acceptors (Lipinski definition) is 2. The van der Waals surface area contributed by atoms with Crippen LogP contribution in [0.2, 0.25) is 0 Å². The fraction of sp³-hybridized carbons (Fsp3) is 0.933. The molecule has 0 aromatic rings. The van der Waals surface area contributed by atoms with Crippen LogP contribution >= 0.6 is 8.03 Å². The van der Waals surface area contributed by atoms with Crippen molar-refractivity contribution in [2.24, 2.45) is 0 Å². The number of unbranched alkanes of at least 4 members (excludes halogenated alkanes) is 18. The number of quaternary nitrogens is 1. The SMILES string of the molecule is CCCCCCCCCCC/C=C\CCCCCCCCCCCC(CC)([P+](=O)[O-])[N+](C)(C)C. The Morgan fingerprint density at radius 1 is 0.618 bits per heavy atom. The highest BCUT2D eigenvalue weighted by molar-refractivity contribution is 7.38. The van der Waals surface area contributed by atoms with Crippen molar-refractivity contribution in [2.45, 2.75) is 160 Å². The van der Waals surface area contributed by atoms with E-state index in [1.165, 1.54) is 116 Å². The van der Waals surface area contributed by atoms with Gasteiger partial charge in [-0.15, -0.1) is 0 Å². The van der Waals surface area contributed by atoms with Gasteiger partial charge in [0.25, 0.3) is 5.28 Å². The van der Waals surface area contributed by atoms with Gasteiger partial charge in [-0.05, 0) is 32.1 Å². The lowest BCUT2D eigenvalue weighted by molar-refractivity contribution is -0.910. The quantitative estimate of drug-likeness (QED) is 0.0544. The van der Waals surface area contributed by atoms with Gasteiger partial charge in [0, 0.05) is 12.8 Å². The van der Waals surface area contributed by atoms with E-state index in [0.29, 0.717) is 10.9 Å².